The van der Waals surface area contributed by atoms with Gasteiger partial charge in [-0.1, -0.05) is 38.3 Å². The lowest BCUT2D eigenvalue weighted by Crippen LogP contribution is -2.48. The molecular formula is C31H35N3O4. The highest BCUT2D eigenvalue weighted by molar-refractivity contribution is 6.10. The number of amides is 1. The molecule has 1 aromatic heterocycles. The number of rotatable bonds is 10. The van der Waals surface area contributed by atoms with Crippen LogP contribution in [0, 0.1) is 18.8 Å². The molecule has 0 aliphatic rings. The molecule has 2 aromatic carbocycles. The van der Waals surface area contributed by atoms with Crippen LogP contribution in [0.1, 0.15) is 65.6 Å². The first-order valence-electron chi connectivity index (χ1n) is 12.2. The molecule has 38 heavy (non-hydrogen) atoms. The zero-order chi connectivity index (χ0) is 26.8. The molecule has 1 N–H and O–H groups in total. The number of aromatic nitrogens is 2. The second-order valence-corrected chi connectivity index (χ2v) is 8.79. The van der Waals surface area contributed by atoms with Crippen LogP contribution in [-0.2, 0) is 22.4 Å². The number of hydrogen-bond acceptors (Lipinski definition) is 6. The summed E-state index contributed by atoms with van der Waals surface area (Å²) in [5.74, 6) is 4.64. The van der Waals surface area contributed by atoms with Crippen LogP contribution in [0.2, 0.25) is 0 Å². The van der Waals surface area contributed by atoms with Gasteiger partial charge >= 0.3 is 0 Å². The SMILES string of the molecule is C.CCC(=O)C(C(=O)CO)N(C)C(=O)c1ccc(C#Cc2ccc(CCCc3cnc(C)cn3)cc2)cc1. The molecule has 0 spiro atoms. The number of Topliss-reactive ketones (excluding diaryl/α,β-unsaturated/α-hetero) is 2. The predicted molar refractivity (Wildman–Crippen MR) is 148 cm³/mol. The van der Waals surface area contributed by atoms with Gasteiger partial charge < -0.3 is 10.0 Å². The summed E-state index contributed by atoms with van der Waals surface area (Å²) in [6.45, 7) is 2.74. The average molecular weight is 514 g/mol. The third kappa shape index (κ3) is 8.19. The van der Waals surface area contributed by atoms with Crippen LogP contribution >= 0.6 is 0 Å². The number of ketones is 2. The van der Waals surface area contributed by atoms with Crippen molar-refractivity contribution in [3.05, 3.63) is 94.6 Å². The van der Waals surface area contributed by atoms with Crippen LogP contribution in [-0.4, -0.2) is 57.1 Å². The molecule has 1 atom stereocenters. The van der Waals surface area contributed by atoms with E-state index in [1.54, 1.807) is 37.4 Å². The molecule has 0 bridgehead atoms. The molecule has 198 valence electrons. The third-order valence-electron chi connectivity index (χ3n) is 5.99. The van der Waals surface area contributed by atoms with E-state index in [0.717, 1.165) is 46.7 Å². The molecule has 7 nitrogen and oxygen atoms in total. The van der Waals surface area contributed by atoms with E-state index in [1.807, 2.05) is 25.3 Å². The minimum atomic E-state index is -1.29. The molecule has 0 aliphatic carbocycles. The normalized spacial score (nSPS) is 10.9. The van der Waals surface area contributed by atoms with Crippen LogP contribution < -0.4 is 0 Å². The summed E-state index contributed by atoms with van der Waals surface area (Å²) >= 11 is 0. The standard InChI is InChI=1S/C30H31N3O4.CH4/c1-4-27(35)29(28(36)20-34)33(3)30(37)25-16-14-24(15-17-25)13-12-23-10-8-22(9-11-23)6-5-7-26-19-31-21(2)18-32-26;/h8-11,14-19,29,34H,4-7,20H2,1-3H3;1H4. The molecule has 1 heterocycles. The first kappa shape index (κ1) is 30.1. The highest BCUT2D eigenvalue weighted by Gasteiger charge is 2.32. The number of carbonyl (C=O) groups excluding carboxylic acids is 3. The fourth-order valence-electron chi connectivity index (χ4n) is 3.83. The summed E-state index contributed by atoms with van der Waals surface area (Å²) in [5.41, 5.74) is 5.10. The molecule has 1 unspecified atom stereocenters. The molecule has 0 saturated carbocycles. The average Bonchev–Trinajstić information content (AvgIpc) is 2.93. The summed E-state index contributed by atoms with van der Waals surface area (Å²) < 4.78 is 0. The van der Waals surface area contributed by atoms with Gasteiger partial charge in [0.25, 0.3) is 5.91 Å². The Bertz CT molecular complexity index is 1270. The largest absolute Gasteiger partial charge is 0.388 e. The smallest absolute Gasteiger partial charge is 0.254 e. The molecule has 3 aromatic rings. The molecule has 0 radical (unpaired) electrons. The van der Waals surface area contributed by atoms with Gasteiger partial charge in [0.05, 0.1) is 11.4 Å². The fraction of sp³-hybridized carbons (Fsp3) is 0.323. The van der Waals surface area contributed by atoms with Crippen molar-refractivity contribution in [1.82, 2.24) is 14.9 Å². The van der Waals surface area contributed by atoms with E-state index in [2.05, 4.69) is 33.9 Å². The Morgan fingerprint density at radius 2 is 1.50 bits per heavy atom. The maximum Gasteiger partial charge on any atom is 0.254 e. The van der Waals surface area contributed by atoms with E-state index in [-0.39, 0.29) is 13.8 Å². The number of likely N-dealkylation sites (N-methyl/N-ethyl adjacent to an activating group) is 1. The van der Waals surface area contributed by atoms with Crippen molar-refractivity contribution in [2.75, 3.05) is 13.7 Å². The van der Waals surface area contributed by atoms with E-state index in [9.17, 15) is 19.5 Å². The monoisotopic (exact) mass is 513 g/mol. The number of nitrogens with zero attached hydrogens (tertiary/aromatic N) is 3. The molecule has 3 rings (SSSR count). The molecule has 0 saturated heterocycles. The van der Waals surface area contributed by atoms with E-state index >= 15 is 0 Å². The lowest BCUT2D eigenvalue weighted by Gasteiger charge is -2.25. The quantitative estimate of drug-likeness (QED) is 0.325. The Morgan fingerprint density at radius 1 is 0.895 bits per heavy atom. The first-order valence-corrected chi connectivity index (χ1v) is 12.2. The molecule has 0 aliphatic heterocycles. The summed E-state index contributed by atoms with van der Waals surface area (Å²) in [6.07, 6.45) is 6.53. The van der Waals surface area contributed by atoms with Gasteiger partial charge in [0.2, 0.25) is 0 Å². The van der Waals surface area contributed by atoms with Crippen molar-refractivity contribution in [3.63, 3.8) is 0 Å². The van der Waals surface area contributed by atoms with E-state index in [0.29, 0.717) is 5.56 Å². The van der Waals surface area contributed by atoms with Gasteiger partial charge in [0.1, 0.15) is 6.61 Å². The number of aliphatic hydroxyl groups is 1. The Hall–Kier alpha value is -4.15. The lowest BCUT2D eigenvalue weighted by molar-refractivity contribution is -0.134. The van der Waals surface area contributed by atoms with E-state index in [1.165, 1.54) is 12.6 Å². The number of carbonyl (C=O) groups is 3. The van der Waals surface area contributed by atoms with Crippen molar-refractivity contribution >= 4 is 17.5 Å². The van der Waals surface area contributed by atoms with Gasteiger partial charge in [-0.25, -0.2) is 0 Å². The summed E-state index contributed by atoms with van der Waals surface area (Å²) in [6, 6.07) is 13.5. The van der Waals surface area contributed by atoms with Crippen LogP contribution in [0.4, 0.5) is 0 Å². The Morgan fingerprint density at radius 3 is 2.03 bits per heavy atom. The highest BCUT2D eigenvalue weighted by Crippen LogP contribution is 2.12. The van der Waals surface area contributed by atoms with Gasteiger partial charge in [-0.15, -0.1) is 0 Å². The van der Waals surface area contributed by atoms with Crippen molar-refractivity contribution in [2.24, 2.45) is 0 Å². The Labute approximate surface area is 225 Å². The van der Waals surface area contributed by atoms with Crippen LogP contribution in [0.3, 0.4) is 0 Å². The van der Waals surface area contributed by atoms with Crippen molar-refractivity contribution in [1.29, 1.82) is 0 Å². The minimum absolute atomic E-state index is 0. The maximum absolute atomic E-state index is 12.8. The first-order chi connectivity index (χ1) is 17.8. The Kier molecular flexibility index (Phi) is 11.5. The third-order valence-corrected chi connectivity index (χ3v) is 5.99. The topological polar surface area (TPSA) is 100 Å². The Balaban J connectivity index is 0.00000507. The molecular weight excluding hydrogens is 478 g/mol. The van der Waals surface area contributed by atoms with Gasteiger partial charge in [-0.05, 0) is 68.1 Å². The van der Waals surface area contributed by atoms with Crippen LogP contribution in [0.5, 0.6) is 0 Å². The second kappa shape index (κ2) is 14.6. The lowest BCUT2D eigenvalue weighted by atomic mass is 10.0. The number of benzene rings is 2. The second-order valence-electron chi connectivity index (χ2n) is 8.79. The van der Waals surface area contributed by atoms with Gasteiger partial charge in [0.15, 0.2) is 17.6 Å². The van der Waals surface area contributed by atoms with Gasteiger partial charge in [-0.2, -0.15) is 0 Å². The summed E-state index contributed by atoms with van der Waals surface area (Å²) in [5, 5.41) is 9.18. The highest BCUT2D eigenvalue weighted by atomic mass is 16.3. The molecule has 0 fully saturated rings. The van der Waals surface area contributed by atoms with Crippen molar-refractivity contribution in [2.45, 2.75) is 53.0 Å². The fourth-order valence-corrected chi connectivity index (χ4v) is 3.83. The molecule has 7 heteroatoms. The summed E-state index contributed by atoms with van der Waals surface area (Å²) in [4.78, 5) is 46.7. The predicted octanol–water partition coefficient (Wildman–Crippen LogP) is 3.98. The summed E-state index contributed by atoms with van der Waals surface area (Å²) in [7, 11) is 1.39. The maximum atomic E-state index is 12.8. The zero-order valence-corrected chi connectivity index (χ0v) is 21.4. The zero-order valence-electron chi connectivity index (χ0n) is 21.4. The van der Waals surface area contributed by atoms with Gasteiger partial charge in [0, 0.05) is 42.6 Å². The van der Waals surface area contributed by atoms with Crippen LogP contribution in [0.25, 0.3) is 0 Å². The van der Waals surface area contributed by atoms with E-state index in [4.69, 9.17) is 0 Å². The van der Waals surface area contributed by atoms with Crippen molar-refractivity contribution < 1.29 is 19.5 Å². The van der Waals surface area contributed by atoms with E-state index < -0.39 is 30.1 Å². The minimum Gasteiger partial charge on any atom is -0.388 e. The number of aryl methyl sites for hydroxylation is 3. The van der Waals surface area contributed by atoms with Crippen LogP contribution in [0.15, 0.2) is 60.9 Å². The van der Waals surface area contributed by atoms with Crippen molar-refractivity contribution in [3.8, 4) is 11.8 Å². The number of aliphatic hydroxyl groups excluding tert-OH is 1. The molecule has 1 amide bonds. The number of hydrogen-bond donors (Lipinski definition) is 1. The van der Waals surface area contributed by atoms with Gasteiger partial charge in [-0.3, -0.25) is 24.4 Å².